The first-order chi connectivity index (χ1) is 8.97. The third-order valence-electron chi connectivity index (χ3n) is 2.12. The van der Waals surface area contributed by atoms with Crippen molar-refractivity contribution in [1.82, 2.24) is 4.90 Å². The van der Waals surface area contributed by atoms with Gasteiger partial charge in [-0.3, -0.25) is 0 Å². The number of benzene rings is 1. The molecule has 0 saturated carbocycles. The van der Waals surface area contributed by atoms with Crippen molar-refractivity contribution in [2.45, 2.75) is 12.8 Å². The highest BCUT2D eigenvalue weighted by atomic mass is 35.5. The van der Waals surface area contributed by atoms with Gasteiger partial charge in [0.15, 0.2) is 0 Å². The third-order valence-corrected chi connectivity index (χ3v) is 2.43. The molecule has 1 aromatic rings. The van der Waals surface area contributed by atoms with Crippen LogP contribution in [0.4, 0.5) is 0 Å². The van der Waals surface area contributed by atoms with Gasteiger partial charge in [-0.2, -0.15) is 0 Å². The summed E-state index contributed by atoms with van der Waals surface area (Å²) in [6.07, 6.45) is 0. The molecular formula is C15H30ClNO6. The number of likely N-dealkylation sites (N-methyl/N-ethyl adjacent to an activating group) is 1. The minimum Gasteiger partial charge on any atom is -0.461 e. The second kappa shape index (κ2) is 20.5. The number of nitrogens with zero attached hydrogens (tertiary/aromatic N) is 1. The number of carbonyl (C=O) groups excluding carboxylic acids is 1. The van der Waals surface area contributed by atoms with Crippen molar-refractivity contribution < 1.29 is 31.4 Å². The molecule has 0 unspecified atom stereocenters. The van der Waals surface area contributed by atoms with Crippen LogP contribution in [0.5, 0.6) is 0 Å². The van der Waals surface area contributed by atoms with E-state index in [1.165, 1.54) is 5.56 Å². The number of alkyl halides is 1. The maximum atomic E-state index is 10.8. The summed E-state index contributed by atoms with van der Waals surface area (Å²) in [4.78, 5) is 12.7. The lowest BCUT2D eigenvalue weighted by Gasteiger charge is -2.09. The Hall–Kier alpha value is -1.48. The van der Waals surface area contributed by atoms with Crippen LogP contribution in [0.1, 0.15) is 12.5 Å². The maximum Gasteiger partial charge on any atom is 0.333 e. The summed E-state index contributed by atoms with van der Waals surface area (Å²) < 4.78 is 4.83. The standard InChI is InChI=1S/C8H15NO2.C7H7Cl.4H2O/c1-7(2)8(10)11-6-5-9(3)4;8-6-7-4-2-1-3-5-7;;;;/h1,5-6H2,2-4H3;1-5H,6H2;4*1H2. The lowest BCUT2D eigenvalue weighted by Crippen LogP contribution is -2.20. The molecule has 0 radical (unpaired) electrons. The zero-order valence-corrected chi connectivity index (χ0v) is 14.6. The van der Waals surface area contributed by atoms with Crippen LogP contribution < -0.4 is 0 Å². The lowest BCUT2D eigenvalue weighted by atomic mass is 10.2. The van der Waals surface area contributed by atoms with Crippen LogP contribution in [-0.2, 0) is 15.4 Å². The lowest BCUT2D eigenvalue weighted by molar-refractivity contribution is -0.139. The molecular weight excluding hydrogens is 326 g/mol. The van der Waals surface area contributed by atoms with Crippen molar-refractivity contribution >= 4 is 17.6 Å². The Morgan fingerprint density at radius 1 is 1.13 bits per heavy atom. The van der Waals surface area contributed by atoms with Crippen LogP contribution in [0.25, 0.3) is 0 Å². The summed E-state index contributed by atoms with van der Waals surface area (Å²) in [5.41, 5.74) is 1.62. The highest BCUT2D eigenvalue weighted by Gasteiger charge is 2.01. The highest BCUT2D eigenvalue weighted by molar-refractivity contribution is 6.17. The number of hydrogen-bond donors (Lipinski definition) is 0. The van der Waals surface area contributed by atoms with Gasteiger partial charge in [0.25, 0.3) is 0 Å². The second-order valence-corrected chi connectivity index (χ2v) is 4.61. The fourth-order valence-electron chi connectivity index (χ4n) is 1.01. The van der Waals surface area contributed by atoms with E-state index in [4.69, 9.17) is 16.3 Å². The van der Waals surface area contributed by atoms with E-state index in [-0.39, 0.29) is 27.9 Å². The maximum absolute atomic E-state index is 10.8. The molecule has 0 aromatic heterocycles. The summed E-state index contributed by atoms with van der Waals surface area (Å²) >= 11 is 5.53. The van der Waals surface area contributed by atoms with Gasteiger partial charge in [-0.1, -0.05) is 36.9 Å². The molecule has 0 heterocycles. The molecule has 0 spiro atoms. The van der Waals surface area contributed by atoms with E-state index in [9.17, 15) is 4.79 Å². The summed E-state index contributed by atoms with van der Waals surface area (Å²) in [6.45, 7) is 6.28. The smallest absolute Gasteiger partial charge is 0.333 e. The van der Waals surface area contributed by atoms with Crippen molar-refractivity contribution in [3.8, 4) is 0 Å². The van der Waals surface area contributed by atoms with Gasteiger partial charge in [-0.25, -0.2) is 4.79 Å². The van der Waals surface area contributed by atoms with Crippen molar-refractivity contribution in [3.63, 3.8) is 0 Å². The normalized spacial score (nSPS) is 7.87. The van der Waals surface area contributed by atoms with Crippen LogP contribution in [0.2, 0.25) is 0 Å². The van der Waals surface area contributed by atoms with E-state index < -0.39 is 0 Å². The average molecular weight is 356 g/mol. The van der Waals surface area contributed by atoms with Crippen LogP contribution >= 0.6 is 11.6 Å². The summed E-state index contributed by atoms with van der Waals surface area (Å²) in [6, 6.07) is 9.96. The first-order valence-electron chi connectivity index (χ1n) is 6.04. The van der Waals surface area contributed by atoms with Gasteiger partial charge in [0, 0.05) is 18.0 Å². The Morgan fingerprint density at radius 2 is 1.61 bits per heavy atom. The second-order valence-electron chi connectivity index (χ2n) is 4.34. The molecule has 7 nitrogen and oxygen atoms in total. The molecule has 0 amide bonds. The molecule has 0 aliphatic rings. The van der Waals surface area contributed by atoms with E-state index in [0.29, 0.717) is 18.1 Å². The molecule has 0 aliphatic carbocycles. The number of ether oxygens (including phenoxy) is 1. The van der Waals surface area contributed by atoms with Crippen LogP contribution in [-0.4, -0.2) is 60.0 Å². The topological polar surface area (TPSA) is 156 Å². The van der Waals surface area contributed by atoms with Crippen molar-refractivity contribution in [1.29, 1.82) is 0 Å². The monoisotopic (exact) mass is 355 g/mol. The van der Waals surface area contributed by atoms with E-state index in [1.54, 1.807) is 6.92 Å². The summed E-state index contributed by atoms with van der Waals surface area (Å²) in [5, 5.41) is 0. The van der Waals surface area contributed by atoms with E-state index in [2.05, 4.69) is 6.58 Å². The number of rotatable bonds is 5. The molecule has 0 atom stereocenters. The zero-order chi connectivity index (χ0) is 14.7. The predicted molar refractivity (Wildman–Crippen MR) is 94.8 cm³/mol. The van der Waals surface area contributed by atoms with Gasteiger partial charge in [0.2, 0.25) is 0 Å². The fourth-order valence-corrected chi connectivity index (χ4v) is 1.19. The molecule has 0 fully saturated rings. The van der Waals surface area contributed by atoms with E-state index in [0.717, 1.165) is 6.54 Å². The summed E-state index contributed by atoms with van der Waals surface area (Å²) in [7, 11) is 3.85. The van der Waals surface area contributed by atoms with Gasteiger partial charge in [-0.05, 0) is 26.6 Å². The van der Waals surface area contributed by atoms with Gasteiger partial charge in [0.1, 0.15) is 6.61 Å². The van der Waals surface area contributed by atoms with E-state index in [1.807, 2.05) is 49.3 Å². The number of carbonyl (C=O) groups is 1. The van der Waals surface area contributed by atoms with Gasteiger partial charge < -0.3 is 31.5 Å². The fraction of sp³-hybridized carbons (Fsp3) is 0.400. The SMILES string of the molecule is C=C(C)C(=O)OCCN(C)C.ClCc1ccccc1.O.O.O.O. The molecule has 0 saturated heterocycles. The van der Waals surface area contributed by atoms with Crippen LogP contribution in [0, 0.1) is 0 Å². The highest BCUT2D eigenvalue weighted by Crippen LogP contribution is 2.00. The Morgan fingerprint density at radius 3 is 1.91 bits per heavy atom. The molecule has 138 valence electrons. The Labute approximate surface area is 142 Å². The third kappa shape index (κ3) is 20.5. The first kappa shape index (κ1) is 33.2. The Kier molecular flexibility index (Phi) is 29.6. The van der Waals surface area contributed by atoms with Gasteiger partial charge in [-0.15, -0.1) is 11.6 Å². The van der Waals surface area contributed by atoms with Crippen molar-refractivity contribution in [3.05, 3.63) is 48.0 Å². The van der Waals surface area contributed by atoms with Crippen molar-refractivity contribution in [2.75, 3.05) is 27.2 Å². The van der Waals surface area contributed by atoms with Crippen LogP contribution in [0.15, 0.2) is 42.5 Å². The minimum atomic E-state index is -0.313. The number of esters is 1. The molecule has 0 bridgehead atoms. The predicted octanol–water partition coefficient (Wildman–Crippen LogP) is -0.206. The Bertz CT molecular complexity index is 387. The van der Waals surface area contributed by atoms with Crippen molar-refractivity contribution in [2.24, 2.45) is 0 Å². The summed E-state index contributed by atoms with van der Waals surface area (Å²) in [5.74, 6) is 0.299. The largest absolute Gasteiger partial charge is 0.461 e. The molecule has 8 heteroatoms. The molecule has 23 heavy (non-hydrogen) atoms. The Balaban J connectivity index is -0.0000000820. The molecule has 1 aromatic carbocycles. The number of hydrogen-bond acceptors (Lipinski definition) is 3. The average Bonchev–Trinajstić information content (AvgIpc) is 2.39. The minimum absolute atomic E-state index is 0. The van der Waals surface area contributed by atoms with E-state index >= 15 is 0 Å². The van der Waals surface area contributed by atoms with Gasteiger partial charge in [0.05, 0.1) is 0 Å². The quantitative estimate of drug-likeness (QED) is 0.407. The molecule has 1 rings (SSSR count). The first-order valence-corrected chi connectivity index (χ1v) is 6.58. The zero-order valence-electron chi connectivity index (χ0n) is 13.9. The number of halogens is 1. The van der Waals surface area contributed by atoms with Crippen LogP contribution in [0.3, 0.4) is 0 Å². The molecule has 8 N–H and O–H groups in total. The molecule has 0 aliphatic heterocycles. The van der Waals surface area contributed by atoms with Gasteiger partial charge >= 0.3 is 5.97 Å².